The van der Waals surface area contributed by atoms with Crippen LogP contribution < -0.4 is 5.32 Å². The molecule has 2 heterocycles. The number of carbonyl (C=O) groups is 1. The maximum absolute atomic E-state index is 10.9. The van der Waals surface area contributed by atoms with Gasteiger partial charge in [-0.25, -0.2) is 19.7 Å². The van der Waals surface area contributed by atoms with Crippen molar-refractivity contribution in [1.82, 2.24) is 15.0 Å². The number of rotatable bonds is 4. The fourth-order valence-electron chi connectivity index (χ4n) is 1.60. The van der Waals surface area contributed by atoms with Gasteiger partial charge in [-0.3, -0.25) is 0 Å². The number of anilines is 1. The van der Waals surface area contributed by atoms with Gasteiger partial charge in [0.05, 0.1) is 16.8 Å². The summed E-state index contributed by atoms with van der Waals surface area (Å²) in [6.45, 7) is 5.58. The van der Waals surface area contributed by atoms with Gasteiger partial charge in [-0.2, -0.15) is 0 Å². The molecule has 0 atom stereocenters. The number of aromatic carboxylic acids is 1. The Morgan fingerprint density at radius 3 is 2.68 bits per heavy atom. The van der Waals surface area contributed by atoms with Crippen molar-refractivity contribution in [2.45, 2.75) is 26.3 Å². The van der Waals surface area contributed by atoms with E-state index in [0.717, 1.165) is 5.01 Å². The number of hydrogen-bond acceptors (Lipinski definition) is 6. The third-order valence-electron chi connectivity index (χ3n) is 2.60. The van der Waals surface area contributed by atoms with Crippen LogP contribution in [0.2, 0.25) is 0 Å². The first kappa shape index (κ1) is 13.4. The highest BCUT2D eigenvalue weighted by molar-refractivity contribution is 7.09. The summed E-state index contributed by atoms with van der Waals surface area (Å²) in [4.78, 5) is 23.3. The van der Waals surface area contributed by atoms with Gasteiger partial charge in [0.2, 0.25) is 5.95 Å². The number of thiazole rings is 1. The molecule has 0 unspecified atom stereocenters. The molecule has 100 valence electrons. The van der Waals surface area contributed by atoms with Crippen LogP contribution in [0.1, 0.15) is 34.9 Å². The zero-order valence-corrected chi connectivity index (χ0v) is 11.7. The van der Waals surface area contributed by atoms with Crippen LogP contribution in [0.4, 0.5) is 5.95 Å². The molecule has 0 fully saturated rings. The van der Waals surface area contributed by atoms with E-state index in [4.69, 9.17) is 5.11 Å². The first-order valence-electron chi connectivity index (χ1n) is 5.65. The highest BCUT2D eigenvalue weighted by Gasteiger charge is 2.24. The minimum Gasteiger partial charge on any atom is -0.478 e. The van der Waals surface area contributed by atoms with Gasteiger partial charge >= 0.3 is 5.97 Å². The maximum atomic E-state index is 10.9. The topological polar surface area (TPSA) is 88.0 Å². The Bertz CT molecular complexity index is 596. The van der Waals surface area contributed by atoms with Gasteiger partial charge < -0.3 is 10.4 Å². The summed E-state index contributed by atoms with van der Waals surface area (Å²) in [5.74, 6) is -0.633. The smallest absolute Gasteiger partial charge is 0.339 e. The third-order valence-corrected chi connectivity index (χ3v) is 3.70. The molecule has 0 aliphatic rings. The van der Waals surface area contributed by atoms with Gasteiger partial charge in [-0.1, -0.05) is 0 Å². The first-order chi connectivity index (χ1) is 8.90. The fourth-order valence-corrected chi connectivity index (χ4v) is 2.32. The van der Waals surface area contributed by atoms with Crippen molar-refractivity contribution in [2.24, 2.45) is 0 Å². The van der Waals surface area contributed by atoms with Gasteiger partial charge in [0, 0.05) is 17.8 Å². The number of aromatic nitrogens is 3. The first-order valence-corrected chi connectivity index (χ1v) is 6.53. The summed E-state index contributed by atoms with van der Waals surface area (Å²) in [6, 6.07) is 0. The number of hydrogen-bond donors (Lipinski definition) is 2. The molecule has 0 radical (unpaired) electrons. The molecular weight excluding hydrogens is 264 g/mol. The van der Waals surface area contributed by atoms with E-state index in [-0.39, 0.29) is 5.56 Å². The van der Waals surface area contributed by atoms with Crippen LogP contribution in [-0.4, -0.2) is 26.0 Å². The molecule has 6 nitrogen and oxygen atoms in total. The van der Waals surface area contributed by atoms with Crippen LogP contribution in [0, 0.1) is 6.92 Å². The lowest BCUT2D eigenvalue weighted by molar-refractivity contribution is 0.0695. The van der Waals surface area contributed by atoms with E-state index in [1.165, 1.54) is 17.5 Å². The molecule has 0 aromatic carbocycles. The normalized spacial score (nSPS) is 11.3. The van der Waals surface area contributed by atoms with E-state index >= 15 is 0 Å². The van der Waals surface area contributed by atoms with Crippen molar-refractivity contribution >= 4 is 23.3 Å². The van der Waals surface area contributed by atoms with E-state index in [2.05, 4.69) is 20.3 Å². The predicted octanol–water partition coefficient (Wildman–Crippen LogP) is 2.29. The highest BCUT2D eigenvalue weighted by Crippen LogP contribution is 2.25. The van der Waals surface area contributed by atoms with Crippen molar-refractivity contribution < 1.29 is 9.90 Å². The van der Waals surface area contributed by atoms with Gasteiger partial charge in [0.1, 0.15) is 5.01 Å². The molecular formula is C12H14N4O2S. The molecule has 7 heteroatoms. The van der Waals surface area contributed by atoms with Crippen molar-refractivity contribution in [1.29, 1.82) is 0 Å². The van der Waals surface area contributed by atoms with Crippen molar-refractivity contribution in [3.05, 3.63) is 34.0 Å². The molecule has 0 spiro atoms. The summed E-state index contributed by atoms with van der Waals surface area (Å²) < 4.78 is 0. The van der Waals surface area contributed by atoms with Crippen LogP contribution >= 0.6 is 11.3 Å². The molecule has 0 aliphatic heterocycles. The van der Waals surface area contributed by atoms with Crippen molar-refractivity contribution in [2.75, 3.05) is 5.32 Å². The third kappa shape index (κ3) is 2.87. The monoisotopic (exact) mass is 278 g/mol. The quantitative estimate of drug-likeness (QED) is 0.892. The van der Waals surface area contributed by atoms with Crippen LogP contribution in [-0.2, 0) is 5.54 Å². The number of nitrogens with one attached hydrogen (secondary N) is 1. The number of aryl methyl sites for hydroxylation is 1. The van der Waals surface area contributed by atoms with Crippen molar-refractivity contribution in [3.8, 4) is 0 Å². The van der Waals surface area contributed by atoms with E-state index in [9.17, 15) is 4.79 Å². The minimum atomic E-state index is -1.02. The van der Waals surface area contributed by atoms with Crippen LogP contribution in [0.15, 0.2) is 17.8 Å². The lowest BCUT2D eigenvalue weighted by atomic mass is 10.1. The Kier molecular flexibility index (Phi) is 3.48. The molecule has 2 aromatic heterocycles. The van der Waals surface area contributed by atoms with E-state index < -0.39 is 11.5 Å². The van der Waals surface area contributed by atoms with Crippen molar-refractivity contribution in [3.63, 3.8) is 0 Å². The lowest BCUT2D eigenvalue weighted by Gasteiger charge is -2.23. The summed E-state index contributed by atoms with van der Waals surface area (Å²) in [5.41, 5.74) is 0.128. The average molecular weight is 278 g/mol. The largest absolute Gasteiger partial charge is 0.478 e. The fraction of sp³-hybridized carbons (Fsp3) is 0.333. The summed E-state index contributed by atoms with van der Waals surface area (Å²) >= 11 is 1.54. The Hall–Kier alpha value is -2.02. The maximum Gasteiger partial charge on any atom is 0.339 e. The molecule has 0 amide bonds. The summed E-state index contributed by atoms with van der Waals surface area (Å²) in [6.07, 6.45) is 3.05. The zero-order valence-electron chi connectivity index (χ0n) is 10.8. The second kappa shape index (κ2) is 4.93. The van der Waals surface area contributed by atoms with Gasteiger partial charge in [0.25, 0.3) is 0 Å². The molecule has 2 N–H and O–H groups in total. The highest BCUT2D eigenvalue weighted by atomic mass is 32.1. The molecule has 2 rings (SSSR count). The Labute approximate surface area is 114 Å². The van der Waals surface area contributed by atoms with Crippen LogP contribution in [0.5, 0.6) is 0 Å². The number of carboxylic acids is 1. The molecule has 19 heavy (non-hydrogen) atoms. The summed E-state index contributed by atoms with van der Waals surface area (Å²) in [7, 11) is 0. The second-order valence-corrected chi connectivity index (χ2v) is 5.48. The van der Waals surface area contributed by atoms with Gasteiger partial charge in [0.15, 0.2) is 0 Å². The molecule has 2 aromatic rings. The molecule has 0 saturated heterocycles. The molecule has 0 bridgehead atoms. The number of nitrogens with zero attached hydrogens (tertiary/aromatic N) is 3. The van der Waals surface area contributed by atoms with E-state index in [0.29, 0.717) is 11.6 Å². The van der Waals surface area contributed by atoms with E-state index in [1.54, 1.807) is 13.1 Å². The Morgan fingerprint density at radius 2 is 2.16 bits per heavy atom. The van der Waals surface area contributed by atoms with Crippen LogP contribution in [0.3, 0.4) is 0 Å². The van der Waals surface area contributed by atoms with Gasteiger partial charge in [-0.05, 0) is 20.8 Å². The number of carboxylic acid groups (broad SMARTS) is 1. The van der Waals surface area contributed by atoms with Gasteiger partial charge in [-0.15, -0.1) is 11.3 Å². The van der Waals surface area contributed by atoms with E-state index in [1.807, 2.05) is 19.2 Å². The molecule has 0 saturated carbocycles. The second-order valence-electron chi connectivity index (χ2n) is 4.59. The van der Waals surface area contributed by atoms with Crippen LogP contribution in [0.25, 0.3) is 0 Å². The summed E-state index contributed by atoms with van der Waals surface area (Å²) in [5, 5.41) is 14.9. The minimum absolute atomic E-state index is 0.109. The zero-order chi connectivity index (χ0) is 14.0. The SMILES string of the molecule is Cc1nc(NC(C)(C)c2nccs2)ncc1C(=O)O. The molecule has 0 aliphatic carbocycles. The Balaban J connectivity index is 2.25. The average Bonchev–Trinajstić information content (AvgIpc) is 2.81. The standard InChI is InChI=1S/C12H14N4O2S/c1-7-8(9(17)18)6-14-11(15-7)16-12(2,3)10-13-4-5-19-10/h4-6H,1-3H3,(H,17,18)(H,14,15,16). The lowest BCUT2D eigenvalue weighted by Crippen LogP contribution is -2.29. The Morgan fingerprint density at radius 1 is 1.42 bits per heavy atom. The predicted molar refractivity (Wildman–Crippen MR) is 72.5 cm³/mol.